The van der Waals surface area contributed by atoms with Crippen LogP contribution in [0.3, 0.4) is 0 Å². The van der Waals surface area contributed by atoms with E-state index in [1.165, 1.54) is 0 Å². The molecule has 1 N–H and O–H groups in total. The van der Waals surface area contributed by atoms with Crippen molar-refractivity contribution in [3.05, 3.63) is 29.8 Å². The van der Waals surface area contributed by atoms with Crippen LogP contribution in [0, 0.1) is 5.92 Å². The number of ether oxygens (including phenoxy) is 2. The Balaban J connectivity index is 2.12. The molecule has 0 unspecified atom stereocenters. The number of carbonyl (C=O) groups is 1. The molecule has 0 radical (unpaired) electrons. The van der Waals surface area contributed by atoms with Crippen molar-refractivity contribution in [3.8, 4) is 5.75 Å². The van der Waals surface area contributed by atoms with Gasteiger partial charge in [-0.25, -0.2) is 0 Å². The molecule has 0 saturated carbocycles. The number of benzene rings is 1. The number of nitrogens with one attached hydrogen (secondary N) is 1. The number of hydrogen-bond donors (Lipinski definition) is 1. The molecule has 2 rings (SSSR count). The van der Waals surface area contributed by atoms with Gasteiger partial charge in [0, 0.05) is 6.04 Å². The number of rotatable bonds is 4. The second-order valence-corrected chi connectivity index (χ2v) is 4.35. The van der Waals surface area contributed by atoms with Crippen molar-refractivity contribution in [2.24, 2.45) is 5.92 Å². The molecule has 4 heteroatoms. The highest BCUT2D eigenvalue weighted by Crippen LogP contribution is 2.31. The third kappa shape index (κ3) is 2.64. The van der Waals surface area contributed by atoms with Crippen molar-refractivity contribution in [2.45, 2.75) is 19.4 Å². The zero-order valence-electron chi connectivity index (χ0n) is 10.8. The van der Waals surface area contributed by atoms with Crippen LogP contribution >= 0.6 is 0 Å². The first-order chi connectivity index (χ1) is 8.76. The summed E-state index contributed by atoms with van der Waals surface area (Å²) < 4.78 is 10.3. The maximum atomic E-state index is 11.9. The molecule has 1 aliphatic heterocycles. The highest BCUT2D eigenvalue weighted by atomic mass is 16.5. The van der Waals surface area contributed by atoms with Gasteiger partial charge in [-0.2, -0.15) is 0 Å². The van der Waals surface area contributed by atoms with Gasteiger partial charge in [-0.1, -0.05) is 12.1 Å². The highest BCUT2D eigenvalue weighted by Gasteiger charge is 2.34. The number of esters is 1. The molecule has 2 atom stereocenters. The Morgan fingerprint density at radius 1 is 1.39 bits per heavy atom. The molecule has 1 aromatic carbocycles. The Hall–Kier alpha value is -1.55. The fraction of sp³-hybridized carbons (Fsp3) is 0.500. The number of carbonyl (C=O) groups excluding carboxylic acids is 1. The van der Waals surface area contributed by atoms with Crippen LogP contribution in [-0.2, 0) is 9.53 Å². The predicted octanol–water partition coefficient (Wildman–Crippen LogP) is 1.91. The molecule has 0 bridgehead atoms. The predicted molar refractivity (Wildman–Crippen MR) is 68.5 cm³/mol. The van der Waals surface area contributed by atoms with Gasteiger partial charge in [0.2, 0.25) is 0 Å². The Labute approximate surface area is 107 Å². The molecule has 1 aromatic rings. The van der Waals surface area contributed by atoms with E-state index in [0.29, 0.717) is 6.61 Å². The van der Waals surface area contributed by atoms with Crippen molar-refractivity contribution in [2.75, 3.05) is 20.3 Å². The topological polar surface area (TPSA) is 47.6 Å². The Morgan fingerprint density at radius 3 is 2.72 bits per heavy atom. The van der Waals surface area contributed by atoms with Gasteiger partial charge in [-0.3, -0.25) is 4.79 Å². The van der Waals surface area contributed by atoms with Crippen LogP contribution in [0.1, 0.15) is 24.9 Å². The van der Waals surface area contributed by atoms with Crippen LogP contribution in [0.4, 0.5) is 0 Å². The van der Waals surface area contributed by atoms with E-state index in [0.717, 1.165) is 24.3 Å². The lowest BCUT2D eigenvalue weighted by molar-refractivity contribution is -0.148. The molecule has 1 fully saturated rings. The first-order valence-electron chi connectivity index (χ1n) is 6.30. The third-order valence-electron chi connectivity index (χ3n) is 3.29. The number of methoxy groups -OCH3 is 1. The SMILES string of the molecule is CCOC(=O)[C@@H]1CCN[C@@H]1c1ccc(OC)cc1. The summed E-state index contributed by atoms with van der Waals surface area (Å²) in [6.07, 6.45) is 0.829. The molecule has 1 heterocycles. The molecular weight excluding hydrogens is 230 g/mol. The maximum absolute atomic E-state index is 11.9. The van der Waals surface area contributed by atoms with E-state index in [4.69, 9.17) is 9.47 Å². The van der Waals surface area contributed by atoms with Crippen molar-refractivity contribution >= 4 is 5.97 Å². The van der Waals surface area contributed by atoms with Gasteiger partial charge in [0.1, 0.15) is 5.75 Å². The summed E-state index contributed by atoms with van der Waals surface area (Å²) in [5.41, 5.74) is 1.10. The minimum atomic E-state index is -0.108. The molecule has 1 aliphatic rings. The lowest BCUT2D eigenvalue weighted by atomic mass is 9.94. The molecule has 0 amide bonds. The standard InChI is InChI=1S/C14H19NO3/c1-3-18-14(16)12-8-9-15-13(12)10-4-6-11(17-2)7-5-10/h4-7,12-13,15H,3,8-9H2,1-2H3/t12-,13-/m1/s1. The lowest BCUT2D eigenvalue weighted by Crippen LogP contribution is -2.25. The van der Waals surface area contributed by atoms with Crippen LogP contribution in [0.25, 0.3) is 0 Å². The average Bonchev–Trinajstić information content (AvgIpc) is 2.88. The van der Waals surface area contributed by atoms with Crippen LogP contribution in [0.2, 0.25) is 0 Å². The van der Waals surface area contributed by atoms with Gasteiger partial charge >= 0.3 is 5.97 Å². The minimum absolute atomic E-state index is 0.0509. The van der Waals surface area contributed by atoms with E-state index in [9.17, 15) is 4.79 Å². The van der Waals surface area contributed by atoms with Gasteiger partial charge < -0.3 is 14.8 Å². The molecule has 1 saturated heterocycles. The van der Waals surface area contributed by atoms with Crippen LogP contribution < -0.4 is 10.1 Å². The fourth-order valence-electron chi connectivity index (χ4n) is 2.37. The molecule has 0 aromatic heterocycles. The monoisotopic (exact) mass is 249 g/mol. The summed E-state index contributed by atoms with van der Waals surface area (Å²) in [4.78, 5) is 11.9. The summed E-state index contributed by atoms with van der Waals surface area (Å²) in [5.74, 6) is 0.631. The smallest absolute Gasteiger partial charge is 0.310 e. The first kappa shape index (κ1) is 12.9. The molecule has 0 spiro atoms. The molecular formula is C14H19NO3. The van der Waals surface area contributed by atoms with Gasteiger partial charge in [0.05, 0.1) is 19.6 Å². The van der Waals surface area contributed by atoms with Crippen LogP contribution in [0.15, 0.2) is 24.3 Å². The van der Waals surface area contributed by atoms with Crippen molar-refractivity contribution in [3.63, 3.8) is 0 Å². The van der Waals surface area contributed by atoms with E-state index in [2.05, 4.69) is 5.32 Å². The lowest BCUT2D eigenvalue weighted by Gasteiger charge is -2.18. The van der Waals surface area contributed by atoms with Crippen LogP contribution in [0.5, 0.6) is 5.75 Å². The van der Waals surface area contributed by atoms with Gasteiger partial charge in [-0.15, -0.1) is 0 Å². The Kier molecular flexibility index (Phi) is 4.20. The van der Waals surface area contributed by atoms with E-state index >= 15 is 0 Å². The van der Waals surface area contributed by atoms with E-state index in [1.54, 1.807) is 7.11 Å². The number of hydrogen-bond acceptors (Lipinski definition) is 4. The second kappa shape index (κ2) is 5.87. The Morgan fingerprint density at radius 2 is 2.11 bits per heavy atom. The van der Waals surface area contributed by atoms with Crippen molar-refractivity contribution < 1.29 is 14.3 Å². The summed E-state index contributed by atoms with van der Waals surface area (Å²) in [6, 6.07) is 7.87. The highest BCUT2D eigenvalue weighted by molar-refractivity contribution is 5.74. The molecule has 0 aliphatic carbocycles. The Bertz CT molecular complexity index is 402. The van der Waals surface area contributed by atoms with Gasteiger partial charge in [0.25, 0.3) is 0 Å². The maximum Gasteiger partial charge on any atom is 0.310 e. The largest absolute Gasteiger partial charge is 0.497 e. The van der Waals surface area contributed by atoms with Crippen LogP contribution in [-0.4, -0.2) is 26.2 Å². The average molecular weight is 249 g/mol. The summed E-state index contributed by atoms with van der Waals surface area (Å²) in [5, 5.41) is 3.36. The zero-order chi connectivity index (χ0) is 13.0. The molecule has 4 nitrogen and oxygen atoms in total. The fourth-order valence-corrected chi connectivity index (χ4v) is 2.37. The second-order valence-electron chi connectivity index (χ2n) is 4.35. The normalized spacial score (nSPS) is 22.8. The minimum Gasteiger partial charge on any atom is -0.497 e. The van der Waals surface area contributed by atoms with Gasteiger partial charge in [-0.05, 0) is 37.6 Å². The van der Waals surface area contributed by atoms with E-state index < -0.39 is 0 Å². The molecule has 98 valence electrons. The molecule has 18 heavy (non-hydrogen) atoms. The van der Waals surface area contributed by atoms with E-state index in [1.807, 2.05) is 31.2 Å². The zero-order valence-corrected chi connectivity index (χ0v) is 10.8. The van der Waals surface area contributed by atoms with Crippen molar-refractivity contribution in [1.82, 2.24) is 5.32 Å². The van der Waals surface area contributed by atoms with Crippen molar-refractivity contribution in [1.29, 1.82) is 0 Å². The third-order valence-corrected chi connectivity index (χ3v) is 3.29. The summed E-state index contributed by atoms with van der Waals surface area (Å²) in [6.45, 7) is 3.12. The quantitative estimate of drug-likeness (QED) is 0.828. The first-order valence-corrected chi connectivity index (χ1v) is 6.30. The summed E-state index contributed by atoms with van der Waals surface area (Å²) in [7, 11) is 1.64. The summed E-state index contributed by atoms with van der Waals surface area (Å²) >= 11 is 0. The van der Waals surface area contributed by atoms with E-state index in [-0.39, 0.29) is 17.9 Å². The van der Waals surface area contributed by atoms with Gasteiger partial charge in [0.15, 0.2) is 0 Å².